The van der Waals surface area contributed by atoms with E-state index in [4.69, 9.17) is 11.7 Å². The summed E-state index contributed by atoms with van der Waals surface area (Å²) in [6.45, 7) is 0. The lowest BCUT2D eigenvalue weighted by atomic mass is 10.00. The number of aldehydes is 1. The monoisotopic (exact) mass is 383 g/mol. The molecule has 0 amide bonds. The molecular weight excluding hydrogens is 362 g/mol. The number of aromatic nitrogens is 1. The van der Waals surface area contributed by atoms with E-state index in [1.807, 2.05) is 84.9 Å². The normalized spacial score (nSPS) is 11.6. The van der Waals surface area contributed by atoms with Gasteiger partial charge in [0.2, 0.25) is 0 Å². The van der Waals surface area contributed by atoms with Crippen molar-refractivity contribution < 1.29 is 4.79 Å². The number of hydrazone groups is 2. The van der Waals surface area contributed by atoms with Gasteiger partial charge in [0.05, 0.1) is 0 Å². The highest BCUT2D eigenvalue weighted by molar-refractivity contribution is 6.53. The van der Waals surface area contributed by atoms with Crippen molar-refractivity contribution in [1.29, 1.82) is 0 Å². The minimum Gasteiger partial charge on any atom is -0.360 e. The number of hydrogen-bond donors (Lipinski definition) is 3. The van der Waals surface area contributed by atoms with Gasteiger partial charge in [-0.25, -0.2) is 0 Å². The van der Waals surface area contributed by atoms with E-state index in [1.54, 1.807) is 6.20 Å². The molecule has 6 heteroatoms. The molecule has 1 heterocycles. The number of nitrogens with one attached hydrogen (secondary N) is 1. The fourth-order valence-electron chi connectivity index (χ4n) is 2.93. The zero-order valence-corrected chi connectivity index (χ0v) is 15.7. The minimum absolute atomic E-state index is 0.573. The summed E-state index contributed by atoms with van der Waals surface area (Å²) in [7, 11) is 0. The second-order valence-corrected chi connectivity index (χ2v) is 6.09. The predicted molar refractivity (Wildman–Crippen MR) is 118 cm³/mol. The maximum absolute atomic E-state index is 10.5. The third-order valence-electron chi connectivity index (χ3n) is 4.33. The molecular formula is C23H21N5O. The molecule has 0 aliphatic heterocycles. The highest BCUT2D eigenvalue weighted by Crippen LogP contribution is 2.15. The maximum atomic E-state index is 10.5. The Morgan fingerprint density at radius 1 is 0.724 bits per heavy atom. The van der Waals surface area contributed by atoms with Gasteiger partial charge in [-0.1, -0.05) is 78.9 Å². The van der Waals surface area contributed by atoms with Crippen LogP contribution in [0.15, 0.2) is 101 Å². The number of H-pyrrole nitrogens is 1. The first kappa shape index (κ1) is 19.6. The standard InChI is InChI=1S/C14H14N4.C9H7NO/c15-17-13(11-7-3-1-4-8-11)14(18-16)12-9-5-2-6-10-12;11-6-7-5-10-9-4-2-1-3-8(7)9/h1-10H,15-16H2;1-6,10H. The quantitative estimate of drug-likeness (QED) is 0.216. The summed E-state index contributed by atoms with van der Waals surface area (Å²) in [6.07, 6.45) is 2.58. The molecule has 0 saturated heterocycles. The van der Waals surface area contributed by atoms with Crippen LogP contribution in [0.3, 0.4) is 0 Å². The molecule has 0 atom stereocenters. The first-order chi connectivity index (χ1) is 14.3. The number of para-hydroxylation sites is 1. The molecule has 0 aliphatic rings. The van der Waals surface area contributed by atoms with E-state index in [2.05, 4.69) is 15.2 Å². The van der Waals surface area contributed by atoms with Crippen LogP contribution in [0.5, 0.6) is 0 Å². The van der Waals surface area contributed by atoms with Crippen LogP contribution in [-0.2, 0) is 0 Å². The van der Waals surface area contributed by atoms with Gasteiger partial charge in [0.25, 0.3) is 0 Å². The predicted octanol–water partition coefficient (Wildman–Crippen LogP) is 3.69. The van der Waals surface area contributed by atoms with Crippen LogP contribution in [0, 0.1) is 0 Å². The lowest BCUT2D eigenvalue weighted by molar-refractivity contribution is 0.112. The molecule has 0 saturated carbocycles. The average molecular weight is 383 g/mol. The first-order valence-electron chi connectivity index (χ1n) is 8.96. The molecule has 0 spiro atoms. The molecule has 3 aromatic carbocycles. The van der Waals surface area contributed by atoms with Crippen molar-refractivity contribution in [2.24, 2.45) is 21.9 Å². The highest BCUT2D eigenvalue weighted by atomic mass is 16.1. The molecule has 0 unspecified atom stereocenters. The molecule has 144 valence electrons. The molecule has 0 fully saturated rings. The molecule has 0 radical (unpaired) electrons. The van der Waals surface area contributed by atoms with Crippen molar-refractivity contribution in [3.05, 3.63) is 108 Å². The molecule has 29 heavy (non-hydrogen) atoms. The molecule has 1 aromatic heterocycles. The first-order valence-corrected chi connectivity index (χ1v) is 8.96. The molecule has 4 aromatic rings. The molecule has 5 N–H and O–H groups in total. The van der Waals surface area contributed by atoms with Crippen molar-refractivity contribution in [3.63, 3.8) is 0 Å². The molecule has 0 bridgehead atoms. The largest absolute Gasteiger partial charge is 0.360 e. The van der Waals surface area contributed by atoms with E-state index in [-0.39, 0.29) is 0 Å². The Kier molecular flexibility index (Phi) is 6.52. The Bertz CT molecular complexity index is 1080. The zero-order valence-electron chi connectivity index (χ0n) is 15.7. The van der Waals surface area contributed by atoms with Gasteiger partial charge in [0.15, 0.2) is 6.29 Å². The summed E-state index contributed by atoms with van der Waals surface area (Å²) in [5.74, 6) is 10.9. The number of benzene rings is 3. The molecule has 0 aliphatic carbocycles. The van der Waals surface area contributed by atoms with Crippen LogP contribution in [0.2, 0.25) is 0 Å². The van der Waals surface area contributed by atoms with Gasteiger partial charge in [-0.05, 0) is 6.07 Å². The van der Waals surface area contributed by atoms with Crippen LogP contribution in [0.25, 0.3) is 10.9 Å². The summed E-state index contributed by atoms with van der Waals surface area (Å²) in [5.41, 5.74) is 4.64. The zero-order chi connectivity index (χ0) is 20.5. The fourth-order valence-corrected chi connectivity index (χ4v) is 2.93. The fraction of sp³-hybridized carbons (Fsp3) is 0. The Morgan fingerprint density at radius 3 is 1.69 bits per heavy atom. The van der Waals surface area contributed by atoms with Crippen LogP contribution < -0.4 is 11.7 Å². The number of aromatic amines is 1. The summed E-state index contributed by atoms with van der Waals surface area (Å²) >= 11 is 0. The van der Waals surface area contributed by atoms with Crippen LogP contribution >= 0.6 is 0 Å². The minimum atomic E-state index is 0.573. The summed E-state index contributed by atoms with van der Waals surface area (Å²) < 4.78 is 0. The van der Waals surface area contributed by atoms with Crippen molar-refractivity contribution >= 4 is 28.6 Å². The smallest absolute Gasteiger partial charge is 0.152 e. The van der Waals surface area contributed by atoms with Gasteiger partial charge in [-0.2, -0.15) is 10.2 Å². The third-order valence-corrected chi connectivity index (χ3v) is 4.33. The summed E-state index contributed by atoms with van der Waals surface area (Å²) in [6, 6.07) is 26.9. The van der Waals surface area contributed by atoms with E-state index >= 15 is 0 Å². The van der Waals surface area contributed by atoms with E-state index in [1.165, 1.54) is 0 Å². The van der Waals surface area contributed by atoms with Gasteiger partial charge in [0, 0.05) is 33.8 Å². The van der Waals surface area contributed by atoms with Crippen LogP contribution in [0.4, 0.5) is 0 Å². The number of rotatable bonds is 4. The summed E-state index contributed by atoms with van der Waals surface area (Å²) in [4.78, 5) is 13.5. The number of carbonyl (C=O) groups excluding carboxylic acids is 1. The Balaban J connectivity index is 0.000000186. The van der Waals surface area contributed by atoms with Gasteiger partial charge in [0.1, 0.15) is 11.4 Å². The summed E-state index contributed by atoms with van der Waals surface area (Å²) in [5, 5.41) is 8.61. The van der Waals surface area contributed by atoms with Gasteiger partial charge in [-0.15, -0.1) is 0 Å². The second kappa shape index (κ2) is 9.66. The molecule has 4 rings (SSSR count). The molecule has 6 nitrogen and oxygen atoms in total. The number of nitrogens with two attached hydrogens (primary N) is 2. The third kappa shape index (κ3) is 4.56. The Morgan fingerprint density at radius 2 is 1.21 bits per heavy atom. The lowest BCUT2D eigenvalue weighted by Crippen LogP contribution is -2.20. The second-order valence-electron chi connectivity index (χ2n) is 6.09. The van der Waals surface area contributed by atoms with Crippen LogP contribution in [0.1, 0.15) is 21.5 Å². The number of carbonyl (C=O) groups is 1. The van der Waals surface area contributed by atoms with E-state index in [9.17, 15) is 4.79 Å². The number of fused-ring (bicyclic) bond motifs is 1. The van der Waals surface area contributed by atoms with Gasteiger partial charge < -0.3 is 16.7 Å². The topological polar surface area (TPSA) is 110 Å². The lowest BCUT2D eigenvalue weighted by Gasteiger charge is -2.08. The average Bonchev–Trinajstić information content (AvgIpc) is 3.22. The van der Waals surface area contributed by atoms with Gasteiger partial charge in [-0.3, -0.25) is 4.79 Å². The van der Waals surface area contributed by atoms with E-state index in [0.717, 1.165) is 33.9 Å². The Labute approximate surface area is 168 Å². The maximum Gasteiger partial charge on any atom is 0.152 e. The van der Waals surface area contributed by atoms with Crippen molar-refractivity contribution in [3.8, 4) is 0 Å². The van der Waals surface area contributed by atoms with Crippen molar-refractivity contribution in [2.45, 2.75) is 0 Å². The highest BCUT2D eigenvalue weighted by Gasteiger charge is 2.13. The van der Waals surface area contributed by atoms with Crippen molar-refractivity contribution in [2.75, 3.05) is 0 Å². The van der Waals surface area contributed by atoms with Gasteiger partial charge >= 0.3 is 0 Å². The number of nitrogens with zero attached hydrogens (tertiary/aromatic N) is 2. The van der Waals surface area contributed by atoms with E-state index in [0.29, 0.717) is 11.4 Å². The Hall–Kier alpha value is -4.19. The van der Waals surface area contributed by atoms with E-state index < -0.39 is 0 Å². The SMILES string of the molecule is NN=C(C(=NN)c1ccccc1)c1ccccc1.O=Cc1c[nH]c2ccccc12. The number of hydrogen-bond acceptors (Lipinski definition) is 5. The van der Waals surface area contributed by atoms with Crippen LogP contribution in [-0.4, -0.2) is 22.7 Å². The van der Waals surface area contributed by atoms with Crippen molar-refractivity contribution in [1.82, 2.24) is 4.98 Å².